The van der Waals surface area contributed by atoms with Gasteiger partial charge in [0.05, 0.1) is 12.7 Å². The van der Waals surface area contributed by atoms with Crippen LogP contribution in [-0.4, -0.2) is 106 Å². The van der Waals surface area contributed by atoms with Crippen molar-refractivity contribution in [2.75, 3.05) is 52.4 Å². The first-order chi connectivity index (χ1) is 19.5. The molecule has 4 heterocycles. The van der Waals surface area contributed by atoms with Crippen LogP contribution < -0.4 is 4.74 Å². The molecule has 11 heteroatoms. The first-order valence-electron chi connectivity index (χ1n) is 13.7. The summed E-state index contributed by atoms with van der Waals surface area (Å²) in [6.07, 6.45) is 10.3. The van der Waals surface area contributed by atoms with Crippen molar-refractivity contribution in [3.05, 3.63) is 66.3 Å². The summed E-state index contributed by atoms with van der Waals surface area (Å²) in [5, 5.41) is 0. The summed E-state index contributed by atoms with van der Waals surface area (Å²) in [6, 6.07) is 7.48. The molecule has 0 N–H and O–H groups in total. The first-order valence-corrected chi connectivity index (χ1v) is 13.7. The maximum atomic E-state index is 13.6. The number of para-hydroxylation sites is 1. The van der Waals surface area contributed by atoms with E-state index in [2.05, 4.69) is 16.0 Å². The summed E-state index contributed by atoms with van der Waals surface area (Å²) in [7, 11) is 0. The van der Waals surface area contributed by atoms with Gasteiger partial charge in [0.1, 0.15) is 24.6 Å². The van der Waals surface area contributed by atoms with Crippen LogP contribution >= 0.6 is 0 Å². The van der Waals surface area contributed by atoms with Crippen LogP contribution in [0.2, 0.25) is 0 Å². The van der Waals surface area contributed by atoms with Crippen LogP contribution in [0.15, 0.2) is 55.0 Å². The minimum absolute atomic E-state index is 0.0262. The fourth-order valence-electron chi connectivity index (χ4n) is 5.54. The van der Waals surface area contributed by atoms with Crippen molar-refractivity contribution in [3.63, 3.8) is 0 Å². The van der Waals surface area contributed by atoms with Gasteiger partial charge in [0.25, 0.3) is 5.91 Å². The molecule has 0 aliphatic carbocycles. The van der Waals surface area contributed by atoms with Crippen molar-refractivity contribution >= 4 is 24.1 Å². The summed E-state index contributed by atoms with van der Waals surface area (Å²) in [6.45, 7) is 3.57. The summed E-state index contributed by atoms with van der Waals surface area (Å²) in [5.41, 5.74) is 0.958. The molecule has 0 spiro atoms. The lowest BCUT2D eigenvalue weighted by Crippen LogP contribution is -2.50. The van der Waals surface area contributed by atoms with Gasteiger partial charge in [-0.05, 0) is 24.3 Å². The van der Waals surface area contributed by atoms with E-state index in [9.17, 15) is 19.2 Å². The van der Waals surface area contributed by atoms with E-state index in [0.29, 0.717) is 64.5 Å². The molecule has 3 aliphatic heterocycles. The van der Waals surface area contributed by atoms with Gasteiger partial charge in [-0.1, -0.05) is 30.4 Å². The van der Waals surface area contributed by atoms with Crippen LogP contribution in [0.3, 0.4) is 0 Å². The van der Waals surface area contributed by atoms with Crippen LogP contribution in [0.5, 0.6) is 5.75 Å². The Bertz CT molecular complexity index is 1250. The van der Waals surface area contributed by atoms with E-state index in [1.807, 2.05) is 35.2 Å². The third kappa shape index (κ3) is 6.47. The average molecular weight is 547 g/mol. The molecular weight excluding hydrogens is 512 g/mol. The molecule has 11 nitrogen and oxygen atoms in total. The number of hydrogen-bond acceptors (Lipinski definition) is 7. The molecule has 1 aromatic heterocycles. The largest absolute Gasteiger partial charge is 0.489 e. The molecule has 2 atom stereocenters. The highest BCUT2D eigenvalue weighted by Gasteiger charge is 2.34. The summed E-state index contributed by atoms with van der Waals surface area (Å²) >= 11 is 0. The van der Waals surface area contributed by atoms with Crippen LogP contribution in [0, 0.1) is 11.8 Å². The molecule has 2 aromatic rings. The van der Waals surface area contributed by atoms with Gasteiger partial charge < -0.3 is 24.3 Å². The van der Waals surface area contributed by atoms with E-state index < -0.39 is 0 Å². The predicted octanol–water partition coefficient (Wildman–Crippen LogP) is 1.22. The van der Waals surface area contributed by atoms with Gasteiger partial charge in [0, 0.05) is 63.6 Å². The van der Waals surface area contributed by atoms with Gasteiger partial charge in [0.2, 0.25) is 18.2 Å². The van der Waals surface area contributed by atoms with Gasteiger partial charge in [-0.3, -0.25) is 24.2 Å². The monoisotopic (exact) mass is 546 g/mol. The van der Waals surface area contributed by atoms with E-state index in [0.717, 1.165) is 12.0 Å². The lowest BCUT2D eigenvalue weighted by Gasteiger charge is -2.39. The standard InChI is InChI=1S/C29H34N6O5/c36-21-32-11-13-33(14-12-32)27(37)16-22-7-10-34-18-23(22)5-3-15-40-26-6-2-1-4-24(26)19-35(20-28(34)38)29(39)25-17-30-8-9-31-25/h1-6,8-9,17,21-23H,7,10-16,18-20H2/t22-,23-/m0/s1. The van der Waals surface area contributed by atoms with Crippen LogP contribution in [0.4, 0.5) is 0 Å². The fraction of sp³-hybridized carbons (Fsp3) is 0.448. The van der Waals surface area contributed by atoms with Gasteiger partial charge in [0.15, 0.2) is 0 Å². The van der Waals surface area contributed by atoms with Gasteiger partial charge in [-0.2, -0.15) is 0 Å². The Morgan fingerprint density at radius 3 is 2.62 bits per heavy atom. The number of hydrogen-bond donors (Lipinski definition) is 0. The number of fused-ring (bicyclic) bond motifs is 3. The van der Waals surface area contributed by atoms with E-state index in [1.165, 1.54) is 23.5 Å². The number of ether oxygens (including phenoxy) is 1. The van der Waals surface area contributed by atoms with E-state index in [1.54, 1.807) is 9.80 Å². The van der Waals surface area contributed by atoms with Crippen LogP contribution in [0.1, 0.15) is 28.9 Å². The summed E-state index contributed by atoms with van der Waals surface area (Å²) in [5.74, 6) is 0.241. The molecule has 3 aliphatic rings. The quantitative estimate of drug-likeness (QED) is 0.418. The second-order valence-electron chi connectivity index (χ2n) is 10.4. The third-order valence-corrected chi connectivity index (χ3v) is 7.86. The Kier molecular flexibility index (Phi) is 8.68. The Morgan fingerprint density at radius 2 is 1.85 bits per heavy atom. The number of carbonyl (C=O) groups excluding carboxylic acids is 4. The summed E-state index contributed by atoms with van der Waals surface area (Å²) < 4.78 is 6.07. The zero-order valence-electron chi connectivity index (χ0n) is 22.4. The highest BCUT2D eigenvalue weighted by Crippen LogP contribution is 2.30. The minimum Gasteiger partial charge on any atom is -0.489 e. The number of piperazine rings is 1. The molecule has 210 valence electrons. The normalized spacial score (nSPS) is 21.9. The van der Waals surface area contributed by atoms with Gasteiger partial charge in [-0.15, -0.1) is 0 Å². The SMILES string of the molecule is O=CN1CCN(C(=O)C[C@@H]2CCN3C[C@@H]2C=CCOc2ccccc2CN(C(=O)c2cnccn2)CC3=O)CC1. The fourth-order valence-corrected chi connectivity index (χ4v) is 5.54. The summed E-state index contributed by atoms with van der Waals surface area (Å²) in [4.78, 5) is 66.1. The molecule has 1 aromatic carbocycles. The zero-order valence-corrected chi connectivity index (χ0v) is 22.4. The molecule has 2 fully saturated rings. The topological polar surface area (TPSA) is 116 Å². The molecule has 2 saturated heterocycles. The van der Waals surface area contributed by atoms with Crippen LogP contribution in [0.25, 0.3) is 0 Å². The Balaban J connectivity index is 1.34. The lowest BCUT2D eigenvalue weighted by molar-refractivity contribution is -0.138. The molecular formula is C29H34N6O5. The number of amides is 4. The number of nitrogens with zero attached hydrogens (tertiary/aromatic N) is 6. The Hall–Kier alpha value is -4.28. The molecule has 2 bridgehead atoms. The second kappa shape index (κ2) is 12.7. The molecule has 4 amide bonds. The maximum Gasteiger partial charge on any atom is 0.274 e. The van der Waals surface area contributed by atoms with E-state index >= 15 is 0 Å². The zero-order chi connectivity index (χ0) is 27.9. The highest BCUT2D eigenvalue weighted by atomic mass is 16.5. The maximum absolute atomic E-state index is 13.6. The second-order valence-corrected chi connectivity index (χ2v) is 10.4. The smallest absolute Gasteiger partial charge is 0.274 e. The van der Waals surface area contributed by atoms with E-state index in [-0.39, 0.29) is 48.3 Å². The van der Waals surface area contributed by atoms with Crippen molar-refractivity contribution < 1.29 is 23.9 Å². The molecule has 40 heavy (non-hydrogen) atoms. The van der Waals surface area contributed by atoms with Crippen molar-refractivity contribution in [3.8, 4) is 5.75 Å². The Labute approximate surface area is 233 Å². The Morgan fingerprint density at radius 1 is 1.02 bits per heavy atom. The molecule has 5 rings (SSSR count). The number of piperidine rings is 1. The number of carbonyl (C=O) groups is 4. The average Bonchev–Trinajstić information content (AvgIpc) is 3.00. The van der Waals surface area contributed by atoms with Gasteiger partial charge >= 0.3 is 0 Å². The molecule has 0 saturated carbocycles. The third-order valence-electron chi connectivity index (χ3n) is 7.86. The van der Waals surface area contributed by atoms with Crippen molar-refractivity contribution in [2.45, 2.75) is 19.4 Å². The van der Waals surface area contributed by atoms with Crippen LogP contribution in [-0.2, 0) is 20.9 Å². The predicted molar refractivity (Wildman–Crippen MR) is 145 cm³/mol. The van der Waals surface area contributed by atoms with Crippen molar-refractivity contribution in [2.24, 2.45) is 11.8 Å². The lowest BCUT2D eigenvalue weighted by atomic mass is 9.82. The highest BCUT2D eigenvalue weighted by molar-refractivity contribution is 5.94. The first kappa shape index (κ1) is 27.3. The minimum atomic E-state index is -0.379. The van der Waals surface area contributed by atoms with Crippen molar-refractivity contribution in [1.29, 1.82) is 0 Å². The number of aromatic nitrogens is 2. The molecule has 0 unspecified atom stereocenters. The van der Waals surface area contributed by atoms with E-state index in [4.69, 9.17) is 4.74 Å². The number of benzene rings is 1. The number of rotatable bonds is 4. The van der Waals surface area contributed by atoms with Gasteiger partial charge in [-0.25, -0.2) is 4.98 Å². The van der Waals surface area contributed by atoms with Crippen molar-refractivity contribution in [1.82, 2.24) is 29.6 Å². The molecule has 0 radical (unpaired) electrons.